The SMILES string of the molecule is CC(C)C1CNCCN1C(=O)OC(F)(F)F. The third-order valence-electron chi connectivity index (χ3n) is 2.49. The van der Waals surface area contributed by atoms with Crippen molar-refractivity contribution >= 4 is 6.09 Å². The fraction of sp³-hybridized carbons (Fsp3) is 0.889. The van der Waals surface area contributed by atoms with Crippen LogP contribution in [0.2, 0.25) is 0 Å². The molecule has 1 fully saturated rings. The molecule has 0 bridgehead atoms. The van der Waals surface area contributed by atoms with E-state index in [4.69, 9.17) is 0 Å². The predicted molar refractivity (Wildman–Crippen MR) is 50.7 cm³/mol. The molecule has 7 heteroatoms. The van der Waals surface area contributed by atoms with Crippen molar-refractivity contribution in [2.24, 2.45) is 5.92 Å². The van der Waals surface area contributed by atoms with Crippen molar-refractivity contribution in [2.45, 2.75) is 26.3 Å². The van der Waals surface area contributed by atoms with E-state index < -0.39 is 12.5 Å². The third kappa shape index (κ3) is 3.55. The molecule has 1 N–H and O–H groups in total. The summed E-state index contributed by atoms with van der Waals surface area (Å²) in [6, 6.07) is -0.261. The molecular weight excluding hydrogens is 225 g/mol. The monoisotopic (exact) mass is 240 g/mol. The Morgan fingerprint density at radius 3 is 2.62 bits per heavy atom. The first-order valence-electron chi connectivity index (χ1n) is 5.08. The van der Waals surface area contributed by atoms with Crippen LogP contribution in [0, 0.1) is 5.92 Å². The summed E-state index contributed by atoms with van der Waals surface area (Å²) >= 11 is 0. The van der Waals surface area contributed by atoms with Gasteiger partial charge < -0.3 is 15.0 Å². The second kappa shape index (κ2) is 4.90. The molecule has 0 aromatic heterocycles. The molecule has 0 spiro atoms. The Hall–Kier alpha value is -0.980. The van der Waals surface area contributed by atoms with Gasteiger partial charge in [0.15, 0.2) is 0 Å². The summed E-state index contributed by atoms with van der Waals surface area (Å²) in [5, 5.41) is 3.03. The molecule has 0 saturated carbocycles. The summed E-state index contributed by atoms with van der Waals surface area (Å²) in [6.07, 6.45) is -6.23. The van der Waals surface area contributed by atoms with E-state index in [0.29, 0.717) is 13.1 Å². The van der Waals surface area contributed by atoms with E-state index in [-0.39, 0.29) is 18.5 Å². The number of nitrogens with one attached hydrogen (secondary N) is 1. The largest absolute Gasteiger partial charge is 0.576 e. The maximum absolute atomic E-state index is 11.9. The van der Waals surface area contributed by atoms with Crippen molar-refractivity contribution in [3.8, 4) is 0 Å². The molecule has 1 atom stereocenters. The predicted octanol–water partition coefficient (Wildman–Crippen LogP) is 1.57. The number of amides is 1. The Balaban J connectivity index is 2.64. The van der Waals surface area contributed by atoms with Gasteiger partial charge in [-0.15, -0.1) is 13.2 Å². The van der Waals surface area contributed by atoms with E-state index in [1.807, 2.05) is 13.8 Å². The zero-order valence-electron chi connectivity index (χ0n) is 9.17. The number of alkyl halides is 3. The number of hydrogen-bond acceptors (Lipinski definition) is 3. The van der Waals surface area contributed by atoms with Gasteiger partial charge in [0.1, 0.15) is 0 Å². The highest BCUT2D eigenvalue weighted by Crippen LogP contribution is 2.21. The summed E-state index contributed by atoms with van der Waals surface area (Å²) in [5.74, 6) is 0.0774. The average Bonchev–Trinajstić information content (AvgIpc) is 2.15. The van der Waals surface area contributed by atoms with Gasteiger partial charge in [-0.1, -0.05) is 13.8 Å². The van der Waals surface area contributed by atoms with Crippen LogP contribution in [0.5, 0.6) is 0 Å². The lowest BCUT2D eigenvalue weighted by atomic mass is 10.0. The van der Waals surface area contributed by atoms with E-state index >= 15 is 0 Å². The minimum Gasteiger partial charge on any atom is -0.356 e. The standard InChI is InChI=1S/C9H15F3N2O2/c1-6(2)7-5-13-3-4-14(7)8(15)16-9(10,11)12/h6-7,13H,3-5H2,1-2H3. The molecule has 4 nitrogen and oxygen atoms in total. The van der Waals surface area contributed by atoms with Crippen molar-refractivity contribution in [2.75, 3.05) is 19.6 Å². The zero-order valence-corrected chi connectivity index (χ0v) is 9.17. The molecule has 1 aliphatic heterocycles. The van der Waals surface area contributed by atoms with Gasteiger partial charge >= 0.3 is 12.5 Å². The van der Waals surface area contributed by atoms with Crippen molar-refractivity contribution < 1.29 is 22.7 Å². The Labute approximate surface area is 91.7 Å². The first-order chi connectivity index (χ1) is 7.31. The molecule has 94 valence electrons. The van der Waals surface area contributed by atoms with Gasteiger partial charge in [0.05, 0.1) is 0 Å². The van der Waals surface area contributed by atoms with Crippen LogP contribution in [0.4, 0.5) is 18.0 Å². The van der Waals surface area contributed by atoms with Crippen molar-refractivity contribution in [1.29, 1.82) is 0 Å². The van der Waals surface area contributed by atoms with Crippen molar-refractivity contribution in [1.82, 2.24) is 10.2 Å². The van der Waals surface area contributed by atoms with Gasteiger partial charge in [-0.25, -0.2) is 4.79 Å². The Morgan fingerprint density at radius 2 is 2.12 bits per heavy atom. The first kappa shape index (κ1) is 13.1. The van der Waals surface area contributed by atoms with Crippen LogP contribution in [0.15, 0.2) is 0 Å². The van der Waals surface area contributed by atoms with E-state index in [1.165, 1.54) is 0 Å². The number of halogens is 3. The van der Waals surface area contributed by atoms with Crippen LogP contribution in [-0.4, -0.2) is 43.0 Å². The summed E-state index contributed by atoms with van der Waals surface area (Å²) in [5.41, 5.74) is 0. The van der Waals surface area contributed by atoms with Gasteiger partial charge in [-0.05, 0) is 5.92 Å². The average molecular weight is 240 g/mol. The van der Waals surface area contributed by atoms with Gasteiger partial charge in [0, 0.05) is 25.7 Å². The molecule has 16 heavy (non-hydrogen) atoms. The minimum absolute atomic E-state index is 0.0774. The Bertz CT molecular complexity index is 256. The van der Waals surface area contributed by atoms with Gasteiger partial charge in [-0.3, -0.25) is 0 Å². The summed E-state index contributed by atoms with van der Waals surface area (Å²) in [7, 11) is 0. The number of ether oxygens (including phenoxy) is 1. The van der Waals surface area contributed by atoms with Crippen LogP contribution >= 0.6 is 0 Å². The highest BCUT2D eigenvalue weighted by atomic mass is 19.4. The number of rotatable bonds is 1. The second-order valence-electron chi connectivity index (χ2n) is 4.02. The minimum atomic E-state index is -4.91. The van der Waals surface area contributed by atoms with Gasteiger partial charge in [-0.2, -0.15) is 0 Å². The summed E-state index contributed by atoms with van der Waals surface area (Å²) in [4.78, 5) is 12.4. The molecule has 1 rings (SSSR count). The number of nitrogens with zero attached hydrogens (tertiary/aromatic N) is 1. The fourth-order valence-electron chi connectivity index (χ4n) is 1.71. The summed E-state index contributed by atoms with van der Waals surface area (Å²) < 4.78 is 39.1. The third-order valence-corrected chi connectivity index (χ3v) is 2.49. The molecule has 1 aliphatic rings. The number of piperazine rings is 1. The molecule has 1 amide bonds. The van der Waals surface area contributed by atoms with E-state index in [0.717, 1.165) is 4.90 Å². The van der Waals surface area contributed by atoms with Gasteiger partial charge in [0.25, 0.3) is 0 Å². The lowest BCUT2D eigenvalue weighted by molar-refractivity contribution is -0.295. The Kier molecular flexibility index (Phi) is 4.01. The van der Waals surface area contributed by atoms with Crippen LogP contribution < -0.4 is 5.32 Å². The Morgan fingerprint density at radius 1 is 1.50 bits per heavy atom. The highest BCUT2D eigenvalue weighted by Gasteiger charge is 2.39. The molecule has 0 aliphatic carbocycles. The van der Waals surface area contributed by atoms with Crippen LogP contribution in [0.25, 0.3) is 0 Å². The molecule has 0 aromatic rings. The lowest BCUT2D eigenvalue weighted by Gasteiger charge is -2.37. The lowest BCUT2D eigenvalue weighted by Crippen LogP contribution is -2.56. The van der Waals surface area contributed by atoms with Crippen LogP contribution in [-0.2, 0) is 4.74 Å². The normalized spacial score (nSPS) is 22.4. The van der Waals surface area contributed by atoms with E-state index in [1.54, 1.807) is 0 Å². The number of carbonyl (C=O) groups is 1. The molecular formula is C9H15F3N2O2. The highest BCUT2D eigenvalue weighted by molar-refractivity contribution is 5.68. The maximum atomic E-state index is 11.9. The van der Waals surface area contributed by atoms with E-state index in [9.17, 15) is 18.0 Å². The molecule has 0 radical (unpaired) electrons. The van der Waals surface area contributed by atoms with E-state index in [2.05, 4.69) is 10.1 Å². The van der Waals surface area contributed by atoms with Crippen molar-refractivity contribution in [3.05, 3.63) is 0 Å². The van der Waals surface area contributed by atoms with Crippen molar-refractivity contribution in [3.63, 3.8) is 0 Å². The smallest absolute Gasteiger partial charge is 0.356 e. The maximum Gasteiger partial charge on any atom is 0.576 e. The molecule has 1 saturated heterocycles. The topological polar surface area (TPSA) is 41.6 Å². The van der Waals surface area contributed by atoms with Crippen LogP contribution in [0.1, 0.15) is 13.8 Å². The quantitative estimate of drug-likeness (QED) is 0.756. The first-order valence-corrected chi connectivity index (χ1v) is 5.08. The number of carbonyl (C=O) groups excluding carboxylic acids is 1. The zero-order chi connectivity index (χ0) is 12.3. The second-order valence-corrected chi connectivity index (χ2v) is 4.02. The molecule has 0 aromatic carbocycles. The fourth-order valence-corrected chi connectivity index (χ4v) is 1.71. The number of hydrogen-bond donors (Lipinski definition) is 1. The van der Waals surface area contributed by atoms with Gasteiger partial charge in [0.2, 0.25) is 0 Å². The van der Waals surface area contributed by atoms with Crippen LogP contribution in [0.3, 0.4) is 0 Å². The molecule has 1 unspecified atom stereocenters. The molecule has 1 heterocycles. The summed E-state index contributed by atoms with van der Waals surface area (Å²) in [6.45, 7) is 4.91.